The van der Waals surface area contributed by atoms with Crippen molar-refractivity contribution in [3.63, 3.8) is 0 Å². The molecule has 1 aliphatic heterocycles. The van der Waals surface area contributed by atoms with Crippen LogP contribution in [0.3, 0.4) is 0 Å². The third kappa shape index (κ3) is 4.96. The summed E-state index contributed by atoms with van der Waals surface area (Å²) < 4.78 is 9.86. The second-order valence-corrected chi connectivity index (χ2v) is 14.0. The first-order chi connectivity index (χ1) is 22.8. The summed E-state index contributed by atoms with van der Waals surface area (Å²) in [7, 11) is 2.08. The summed E-state index contributed by atoms with van der Waals surface area (Å²) in [5.74, 6) is 2.09. The van der Waals surface area contributed by atoms with Crippen molar-refractivity contribution in [3.05, 3.63) is 128 Å². The van der Waals surface area contributed by atoms with E-state index < -0.39 is 0 Å². The average molecular weight is 824 g/mol. The first-order valence-electron chi connectivity index (χ1n) is 15.6. The topological polar surface area (TPSA) is 46.4 Å². The number of pyridine rings is 2. The minimum Gasteiger partial charge on any atom is -0.509 e. The fourth-order valence-corrected chi connectivity index (χ4v) is 7.59. The molecule has 0 saturated carbocycles. The fraction of sp³-hybridized carbons (Fsp3) is 0.125. The van der Waals surface area contributed by atoms with Gasteiger partial charge in [-0.3, -0.25) is 0 Å². The van der Waals surface area contributed by atoms with Gasteiger partial charge in [0.1, 0.15) is 10.6 Å². The molecule has 0 bridgehead atoms. The molecule has 240 valence electrons. The van der Waals surface area contributed by atoms with Crippen LogP contribution in [0.1, 0.15) is 26.3 Å². The molecule has 0 fully saturated rings. The molecule has 9 rings (SSSR count). The van der Waals surface area contributed by atoms with Crippen LogP contribution >= 0.6 is 11.3 Å². The van der Waals surface area contributed by atoms with Gasteiger partial charge in [-0.25, -0.2) is 9.97 Å². The molecule has 5 heterocycles. The first-order valence-corrected chi connectivity index (χ1v) is 16.4. The smallest absolute Gasteiger partial charge is 0.135 e. The third-order valence-electron chi connectivity index (χ3n) is 8.90. The molecule has 8 aromatic rings. The van der Waals surface area contributed by atoms with E-state index in [1.165, 1.54) is 21.0 Å². The Morgan fingerprint density at radius 1 is 0.750 bits per heavy atom. The molecule has 4 aromatic heterocycles. The number of thiophene rings is 1. The van der Waals surface area contributed by atoms with Crippen molar-refractivity contribution in [1.29, 1.82) is 0 Å². The number of rotatable bonds is 4. The number of anilines is 3. The van der Waals surface area contributed by atoms with Crippen LogP contribution in [-0.2, 0) is 26.5 Å². The molecule has 0 saturated heterocycles. The number of aromatic nitrogens is 3. The first kappa shape index (κ1) is 30.6. The second-order valence-electron chi connectivity index (χ2n) is 13.0. The van der Waals surface area contributed by atoms with Crippen LogP contribution in [0.25, 0.3) is 47.9 Å². The number of ether oxygens (including phenoxy) is 1. The van der Waals surface area contributed by atoms with E-state index in [9.17, 15) is 0 Å². The maximum absolute atomic E-state index is 6.47. The number of hydrogen-bond acceptors (Lipinski definition) is 6. The van der Waals surface area contributed by atoms with Gasteiger partial charge in [-0.05, 0) is 65.9 Å². The van der Waals surface area contributed by atoms with E-state index in [1.807, 2.05) is 36.7 Å². The summed E-state index contributed by atoms with van der Waals surface area (Å²) in [5, 5.41) is 4.66. The third-order valence-corrected chi connectivity index (χ3v) is 9.98. The summed E-state index contributed by atoms with van der Waals surface area (Å²) in [4.78, 5) is 14.8. The normalized spacial score (nSPS) is 13.1. The molecular weight excluding hydrogens is 794 g/mol. The summed E-state index contributed by atoms with van der Waals surface area (Å²) in [6, 6.07) is 38.5. The van der Waals surface area contributed by atoms with Gasteiger partial charge in [-0.15, -0.1) is 52.7 Å². The molecule has 0 unspecified atom stereocenters. The molecule has 0 atom stereocenters. The molecule has 8 heteroatoms. The van der Waals surface area contributed by atoms with Gasteiger partial charge in [0.2, 0.25) is 0 Å². The van der Waals surface area contributed by atoms with Gasteiger partial charge in [0.05, 0.1) is 0 Å². The van der Waals surface area contributed by atoms with E-state index in [2.05, 4.69) is 133 Å². The number of nitrogens with zero attached hydrogens (tertiary/aromatic N) is 5. The molecule has 0 aliphatic carbocycles. The predicted octanol–water partition coefficient (Wildman–Crippen LogP) is 10.3. The van der Waals surface area contributed by atoms with Gasteiger partial charge in [0, 0.05) is 77.3 Å². The summed E-state index contributed by atoms with van der Waals surface area (Å²) >= 11 is 1.72. The van der Waals surface area contributed by atoms with Crippen molar-refractivity contribution in [2.24, 2.45) is 0 Å². The molecule has 0 N–H and O–H groups in total. The molecule has 6 nitrogen and oxygen atoms in total. The van der Waals surface area contributed by atoms with Crippen LogP contribution in [0.15, 0.2) is 103 Å². The number of hydrogen-bond donors (Lipinski definition) is 0. The predicted molar refractivity (Wildman–Crippen MR) is 193 cm³/mol. The molecule has 0 spiro atoms. The largest absolute Gasteiger partial charge is 0.509 e. The Balaban J connectivity index is 0.00000336. The van der Waals surface area contributed by atoms with Gasteiger partial charge < -0.3 is 19.1 Å². The maximum Gasteiger partial charge on any atom is 0.135 e. The Hall–Kier alpha value is -4.71. The van der Waals surface area contributed by atoms with Gasteiger partial charge in [-0.1, -0.05) is 44.5 Å². The molecule has 4 aromatic carbocycles. The standard InChI is InChI=1S/C40H30N5OS.Pt/c1-40(2,3)25-16-18-41-38(19-25)45-33-13-6-5-11-29(33)30-15-14-28(21-34(30)45)46-27-10-7-9-26(20-27)44-24-43(4)35-22-32-31-12-8-17-42-39(31)47-37(32)23-36(35)44;/h5-19,22-24H,1-4H3;/q-3;. The Labute approximate surface area is 297 Å². The maximum atomic E-state index is 6.47. The van der Waals surface area contributed by atoms with Gasteiger partial charge in [0.25, 0.3) is 0 Å². The van der Waals surface area contributed by atoms with Crippen molar-refractivity contribution in [2.45, 2.75) is 26.2 Å². The molecular formula is C40H30N5OPtS-3. The SMILES string of the molecule is CN1[CH-]N(c2[c-]c(Oc3[c-]c4c(cc3)c3ccccc3n4-c3cc(C(C)(C)C)ccn3)ccc2)c2cc3sc4ncccc4c3cc21.[Pt]. The Morgan fingerprint density at radius 3 is 2.46 bits per heavy atom. The van der Waals surface area contributed by atoms with Crippen molar-refractivity contribution in [3.8, 4) is 17.3 Å². The van der Waals surface area contributed by atoms with Crippen LogP contribution in [0.4, 0.5) is 17.1 Å². The summed E-state index contributed by atoms with van der Waals surface area (Å²) in [6.07, 6.45) is 3.75. The van der Waals surface area contributed by atoms with Crippen LogP contribution in [0.5, 0.6) is 11.5 Å². The van der Waals surface area contributed by atoms with Gasteiger partial charge in [-0.2, -0.15) is 18.8 Å². The van der Waals surface area contributed by atoms with E-state index >= 15 is 0 Å². The van der Waals surface area contributed by atoms with Gasteiger partial charge in [0.15, 0.2) is 0 Å². The molecule has 0 amide bonds. The van der Waals surface area contributed by atoms with Crippen molar-refractivity contribution in [2.75, 3.05) is 16.8 Å². The van der Waals surface area contributed by atoms with Crippen LogP contribution in [-0.4, -0.2) is 21.6 Å². The molecule has 1 aliphatic rings. The zero-order valence-electron chi connectivity index (χ0n) is 26.8. The average Bonchev–Trinajstić information content (AvgIpc) is 3.72. The Morgan fingerprint density at radius 2 is 1.58 bits per heavy atom. The van der Waals surface area contributed by atoms with E-state index in [0.717, 1.165) is 49.5 Å². The van der Waals surface area contributed by atoms with Crippen LogP contribution in [0.2, 0.25) is 0 Å². The van der Waals surface area contributed by atoms with Crippen LogP contribution in [0, 0.1) is 18.8 Å². The quantitative estimate of drug-likeness (QED) is 0.166. The van der Waals surface area contributed by atoms with E-state index in [4.69, 9.17) is 9.72 Å². The monoisotopic (exact) mass is 823 g/mol. The summed E-state index contributed by atoms with van der Waals surface area (Å²) in [5.41, 5.74) is 6.35. The zero-order chi connectivity index (χ0) is 31.9. The van der Waals surface area contributed by atoms with Crippen LogP contribution < -0.4 is 14.5 Å². The second kappa shape index (κ2) is 11.5. The number of benzene rings is 4. The zero-order valence-corrected chi connectivity index (χ0v) is 29.8. The van der Waals surface area contributed by atoms with E-state index in [1.54, 1.807) is 11.3 Å². The minimum absolute atomic E-state index is 0. The van der Waals surface area contributed by atoms with E-state index in [-0.39, 0.29) is 26.5 Å². The van der Waals surface area contributed by atoms with Gasteiger partial charge >= 0.3 is 0 Å². The molecule has 0 radical (unpaired) electrons. The Kier molecular flexibility index (Phi) is 7.31. The van der Waals surface area contributed by atoms with E-state index in [0.29, 0.717) is 11.5 Å². The number of fused-ring (bicyclic) bond motifs is 7. The van der Waals surface area contributed by atoms with Crippen molar-refractivity contribution < 1.29 is 25.8 Å². The fourth-order valence-electron chi connectivity index (χ4n) is 6.53. The number of para-hydroxylation sites is 1. The minimum atomic E-state index is -0.00152. The molecule has 48 heavy (non-hydrogen) atoms. The summed E-state index contributed by atoms with van der Waals surface area (Å²) in [6.45, 7) is 8.76. The van der Waals surface area contributed by atoms with Crippen molar-refractivity contribution >= 4 is 70.5 Å². The Bertz CT molecular complexity index is 2510. The van der Waals surface area contributed by atoms with Crippen molar-refractivity contribution in [1.82, 2.24) is 14.5 Å².